The molecule has 0 aliphatic carbocycles. The number of methoxy groups -OCH3 is 1. The van der Waals surface area contributed by atoms with Crippen molar-refractivity contribution in [2.45, 2.75) is 31.7 Å². The van der Waals surface area contributed by atoms with E-state index >= 15 is 0 Å². The van der Waals surface area contributed by atoms with Gasteiger partial charge in [0.15, 0.2) is 0 Å². The lowest BCUT2D eigenvalue weighted by molar-refractivity contribution is -0.192. The van der Waals surface area contributed by atoms with Crippen LogP contribution in [0.4, 0.5) is 13.2 Å². The van der Waals surface area contributed by atoms with E-state index in [1.165, 1.54) is 11.3 Å². The minimum absolute atomic E-state index is 0.394. The fourth-order valence-corrected chi connectivity index (χ4v) is 2.69. The Bertz CT molecular complexity index is 685. The van der Waals surface area contributed by atoms with E-state index in [1.807, 2.05) is 18.5 Å². The molecule has 0 saturated heterocycles. The molecule has 0 amide bonds. The molecule has 0 saturated carbocycles. The Morgan fingerprint density at radius 1 is 1.46 bits per heavy atom. The number of aliphatic carboxylic acids is 1. The Kier molecular flexibility index (Phi) is 6.81. The number of furan rings is 1. The molecular weight excluding hydrogens is 355 g/mol. The van der Waals surface area contributed by atoms with Gasteiger partial charge < -0.3 is 14.3 Å². The molecular formula is C16H20F3N3O4. The first-order chi connectivity index (χ1) is 12.3. The highest BCUT2D eigenvalue weighted by atomic mass is 19.4. The van der Waals surface area contributed by atoms with E-state index in [9.17, 15) is 13.2 Å². The molecule has 7 nitrogen and oxygen atoms in total. The summed E-state index contributed by atoms with van der Waals surface area (Å²) in [6.07, 6.45) is 1.34. The van der Waals surface area contributed by atoms with Gasteiger partial charge in [-0.1, -0.05) is 0 Å². The Morgan fingerprint density at radius 2 is 2.19 bits per heavy atom. The molecule has 3 rings (SSSR count). The van der Waals surface area contributed by atoms with Gasteiger partial charge in [-0.3, -0.25) is 9.58 Å². The normalized spacial score (nSPS) is 17.3. The van der Waals surface area contributed by atoms with Crippen LogP contribution in [0.25, 0.3) is 0 Å². The Labute approximate surface area is 148 Å². The van der Waals surface area contributed by atoms with Gasteiger partial charge in [-0.25, -0.2) is 4.79 Å². The summed E-state index contributed by atoms with van der Waals surface area (Å²) in [6, 6.07) is 4.52. The highest BCUT2D eigenvalue weighted by Crippen LogP contribution is 2.24. The monoisotopic (exact) mass is 375 g/mol. The topological polar surface area (TPSA) is 80.7 Å². The second-order valence-electron chi connectivity index (χ2n) is 5.81. The second kappa shape index (κ2) is 8.86. The molecule has 1 atom stereocenters. The molecule has 1 aliphatic rings. The summed E-state index contributed by atoms with van der Waals surface area (Å²) >= 11 is 0. The van der Waals surface area contributed by atoms with Crippen LogP contribution < -0.4 is 0 Å². The van der Waals surface area contributed by atoms with E-state index in [0.717, 1.165) is 32.7 Å². The van der Waals surface area contributed by atoms with Crippen molar-refractivity contribution in [2.75, 3.05) is 20.3 Å². The molecule has 10 heteroatoms. The lowest BCUT2D eigenvalue weighted by Crippen LogP contribution is -2.37. The van der Waals surface area contributed by atoms with E-state index < -0.39 is 12.1 Å². The number of ether oxygens (including phenoxy) is 1. The number of aromatic nitrogens is 2. The van der Waals surface area contributed by atoms with Crippen molar-refractivity contribution < 1.29 is 32.2 Å². The number of fused-ring (bicyclic) bond motifs is 1. The largest absolute Gasteiger partial charge is 0.490 e. The second-order valence-corrected chi connectivity index (χ2v) is 5.81. The number of hydrogen-bond acceptors (Lipinski definition) is 5. The van der Waals surface area contributed by atoms with Crippen LogP contribution in [0.1, 0.15) is 23.7 Å². The van der Waals surface area contributed by atoms with E-state index in [4.69, 9.17) is 19.1 Å². The van der Waals surface area contributed by atoms with Gasteiger partial charge in [0.05, 0.1) is 24.3 Å². The Balaban J connectivity index is 0.000000298. The van der Waals surface area contributed by atoms with Crippen molar-refractivity contribution in [1.29, 1.82) is 0 Å². The predicted octanol–water partition coefficient (Wildman–Crippen LogP) is 2.70. The van der Waals surface area contributed by atoms with Crippen LogP contribution >= 0.6 is 0 Å². The van der Waals surface area contributed by atoms with Gasteiger partial charge in [0, 0.05) is 45.1 Å². The maximum Gasteiger partial charge on any atom is 0.490 e. The minimum atomic E-state index is -5.08. The van der Waals surface area contributed by atoms with Crippen molar-refractivity contribution in [2.24, 2.45) is 0 Å². The molecule has 26 heavy (non-hydrogen) atoms. The third kappa shape index (κ3) is 5.60. The van der Waals surface area contributed by atoms with E-state index in [-0.39, 0.29) is 0 Å². The van der Waals surface area contributed by atoms with Crippen LogP contribution in [0.2, 0.25) is 0 Å². The van der Waals surface area contributed by atoms with Crippen LogP contribution in [-0.2, 0) is 22.6 Å². The zero-order valence-electron chi connectivity index (χ0n) is 14.1. The molecule has 1 aliphatic heterocycles. The van der Waals surface area contributed by atoms with E-state index in [0.29, 0.717) is 6.04 Å². The molecule has 0 aromatic carbocycles. The number of carboxylic acid groups (broad SMARTS) is 1. The highest BCUT2D eigenvalue weighted by Gasteiger charge is 2.38. The predicted molar refractivity (Wildman–Crippen MR) is 84.3 cm³/mol. The SMILES string of the molecule is COCCC1CN(Cc2ccoc2)Cc2ccnn21.O=C(O)C(F)(F)F. The summed E-state index contributed by atoms with van der Waals surface area (Å²) in [5.41, 5.74) is 2.49. The van der Waals surface area contributed by atoms with Gasteiger partial charge in [-0.15, -0.1) is 0 Å². The van der Waals surface area contributed by atoms with Crippen molar-refractivity contribution in [3.63, 3.8) is 0 Å². The third-order valence-corrected chi connectivity index (χ3v) is 3.84. The van der Waals surface area contributed by atoms with Crippen LogP contribution in [0, 0.1) is 0 Å². The van der Waals surface area contributed by atoms with Crippen LogP contribution in [0.5, 0.6) is 0 Å². The Morgan fingerprint density at radius 3 is 2.77 bits per heavy atom. The van der Waals surface area contributed by atoms with Gasteiger partial charge in [-0.05, 0) is 18.6 Å². The average Bonchev–Trinajstić information content (AvgIpc) is 3.23. The number of rotatable bonds is 5. The number of nitrogens with zero attached hydrogens (tertiary/aromatic N) is 3. The zero-order valence-corrected chi connectivity index (χ0v) is 14.1. The summed E-state index contributed by atoms with van der Waals surface area (Å²) in [7, 11) is 1.75. The number of halogens is 3. The summed E-state index contributed by atoms with van der Waals surface area (Å²) in [4.78, 5) is 11.3. The first-order valence-corrected chi connectivity index (χ1v) is 7.86. The summed E-state index contributed by atoms with van der Waals surface area (Å²) in [5, 5.41) is 11.6. The molecule has 0 fully saturated rings. The zero-order chi connectivity index (χ0) is 19.2. The first kappa shape index (κ1) is 20.0. The molecule has 144 valence electrons. The third-order valence-electron chi connectivity index (χ3n) is 3.84. The lowest BCUT2D eigenvalue weighted by atomic mass is 10.1. The molecule has 2 aromatic heterocycles. The van der Waals surface area contributed by atoms with Crippen molar-refractivity contribution in [3.05, 3.63) is 42.1 Å². The molecule has 1 unspecified atom stereocenters. The van der Waals surface area contributed by atoms with Gasteiger partial charge in [0.2, 0.25) is 0 Å². The maximum atomic E-state index is 10.6. The van der Waals surface area contributed by atoms with Crippen molar-refractivity contribution in [1.82, 2.24) is 14.7 Å². The van der Waals surface area contributed by atoms with Crippen molar-refractivity contribution in [3.8, 4) is 0 Å². The summed E-state index contributed by atoms with van der Waals surface area (Å²) in [6.45, 7) is 3.63. The number of hydrogen-bond donors (Lipinski definition) is 1. The molecule has 0 bridgehead atoms. The fourth-order valence-electron chi connectivity index (χ4n) is 2.69. The molecule has 3 heterocycles. The summed E-state index contributed by atoms with van der Waals surface area (Å²) in [5.74, 6) is -2.76. The number of alkyl halides is 3. The minimum Gasteiger partial charge on any atom is -0.475 e. The van der Waals surface area contributed by atoms with Crippen LogP contribution in [0.15, 0.2) is 35.3 Å². The van der Waals surface area contributed by atoms with Crippen LogP contribution in [-0.4, -0.2) is 52.2 Å². The molecule has 2 aromatic rings. The highest BCUT2D eigenvalue weighted by molar-refractivity contribution is 5.73. The standard InChI is InChI=1S/C14H19N3O2.C2HF3O2/c1-18-6-4-14-10-16(8-12-3-7-19-11-12)9-13-2-5-15-17(13)14;3-2(4,5)1(6)7/h2-3,5,7,11,14H,4,6,8-10H2,1H3;(H,6,7). The molecule has 1 N–H and O–H groups in total. The van der Waals surface area contributed by atoms with Gasteiger partial charge in [-0.2, -0.15) is 18.3 Å². The van der Waals surface area contributed by atoms with E-state index in [1.54, 1.807) is 13.4 Å². The molecule has 0 spiro atoms. The van der Waals surface area contributed by atoms with Crippen molar-refractivity contribution >= 4 is 5.97 Å². The maximum absolute atomic E-state index is 10.6. The molecule has 0 radical (unpaired) electrons. The average molecular weight is 375 g/mol. The van der Waals surface area contributed by atoms with Gasteiger partial charge in [0.1, 0.15) is 0 Å². The smallest absolute Gasteiger partial charge is 0.475 e. The van der Waals surface area contributed by atoms with Gasteiger partial charge in [0.25, 0.3) is 0 Å². The van der Waals surface area contributed by atoms with Gasteiger partial charge >= 0.3 is 12.1 Å². The lowest BCUT2D eigenvalue weighted by Gasteiger charge is -2.33. The quantitative estimate of drug-likeness (QED) is 0.866. The van der Waals surface area contributed by atoms with E-state index in [2.05, 4.69) is 20.7 Å². The number of carboxylic acids is 1. The fraction of sp³-hybridized carbons (Fsp3) is 0.500. The van der Waals surface area contributed by atoms with Crippen LogP contribution in [0.3, 0.4) is 0 Å². The Hall–Kier alpha value is -2.33. The first-order valence-electron chi connectivity index (χ1n) is 7.86. The number of carbonyl (C=O) groups is 1. The summed E-state index contributed by atoms with van der Waals surface area (Å²) < 4.78 is 44.2.